The standard InChI is InChI=1S/C13H21N3OS.2ClH/c1-4-5-11-15-10(3)12(18-11)13(17)16-7-6-14-8-9(16)2;;/h9,14H,4-8H2,1-3H3;2*1H. The molecule has 2 rings (SSSR count). The minimum Gasteiger partial charge on any atom is -0.333 e. The van der Waals surface area contributed by atoms with Crippen LogP contribution in [0.4, 0.5) is 0 Å². The highest BCUT2D eigenvalue weighted by atomic mass is 35.5. The minimum atomic E-state index is 0. The quantitative estimate of drug-likeness (QED) is 0.920. The van der Waals surface area contributed by atoms with Crippen LogP contribution in [0.5, 0.6) is 0 Å². The lowest BCUT2D eigenvalue weighted by Crippen LogP contribution is -2.52. The lowest BCUT2D eigenvalue weighted by Gasteiger charge is -2.33. The van der Waals surface area contributed by atoms with Crippen LogP contribution in [-0.4, -0.2) is 41.5 Å². The van der Waals surface area contributed by atoms with Gasteiger partial charge in [-0.05, 0) is 26.7 Å². The second kappa shape index (κ2) is 8.82. The minimum absolute atomic E-state index is 0. The maximum absolute atomic E-state index is 12.5. The first-order valence-corrected chi connectivity index (χ1v) is 7.43. The molecule has 1 unspecified atom stereocenters. The molecule has 1 aliphatic heterocycles. The number of thiazole rings is 1. The lowest BCUT2D eigenvalue weighted by atomic mass is 10.2. The molecule has 20 heavy (non-hydrogen) atoms. The van der Waals surface area contributed by atoms with Crippen LogP contribution in [0.3, 0.4) is 0 Å². The number of piperazine rings is 1. The first kappa shape index (κ1) is 19.6. The zero-order chi connectivity index (χ0) is 13.1. The van der Waals surface area contributed by atoms with E-state index in [2.05, 4.69) is 24.1 Å². The maximum Gasteiger partial charge on any atom is 0.266 e. The highest BCUT2D eigenvalue weighted by molar-refractivity contribution is 7.13. The second-order valence-corrected chi connectivity index (χ2v) is 5.91. The van der Waals surface area contributed by atoms with E-state index >= 15 is 0 Å². The average molecular weight is 340 g/mol. The van der Waals surface area contributed by atoms with Gasteiger partial charge in [0.15, 0.2) is 0 Å². The van der Waals surface area contributed by atoms with Crippen molar-refractivity contribution in [1.29, 1.82) is 0 Å². The summed E-state index contributed by atoms with van der Waals surface area (Å²) < 4.78 is 0. The van der Waals surface area contributed by atoms with Crippen LogP contribution in [0, 0.1) is 6.92 Å². The van der Waals surface area contributed by atoms with Gasteiger partial charge in [0, 0.05) is 25.7 Å². The molecule has 0 aliphatic carbocycles. The van der Waals surface area contributed by atoms with Crippen molar-refractivity contribution in [2.45, 2.75) is 39.7 Å². The number of carbonyl (C=O) groups is 1. The Bertz CT molecular complexity index is 439. The third-order valence-electron chi connectivity index (χ3n) is 3.26. The van der Waals surface area contributed by atoms with Gasteiger partial charge in [0.25, 0.3) is 5.91 Å². The van der Waals surface area contributed by atoms with Crippen LogP contribution in [0.25, 0.3) is 0 Å². The molecule has 1 atom stereocenters. The third-order valence-corrected chi connectivity index (χ3v) is 4.47. The van der Waals surface area contributed by atoms with Gasteiger partial charge in [0.1, 0.15) is 4.88 Å². The van der Waals surface area contributed by atoms with Gasteiger partial charge in [-0.1, -0.05) is 6.92 Å². The summed E-state index contributed by atoms with van der Waals surface area (Å²) >= 11 is 1.57. The van der Waals surface area contributed by atoms with Gasteiger partial charge in [-0.3, -0.25) is 4.79 Å². The van der Waals surface area contributed by atoms with Crippen LogP contribution in [0.2, 0.25) is 0 Å². The number of aryl methyl sites for hydroxylation is 2. The summed E-state index contributed by atoms with van der Waals surface area (Å²) in [7, 11) is 0. The Labute approximate surface area is 137 Å². The molecule has 0 aromatic carbocycles. The lowest BCUT2D eigenvalue weighted by molar-refractivity contribution is 0.0660. The fourth-order valence-corrected chi connectivity index (χ4v) is 3.37. The zero-order valence-corrected chi connectivity index (χ0v) is 14.6. The molecule has 4 nitrogen and oxygen atoms in total. The van der Waals surface area contributed by atoms with Gasteiger partial charge in [-0.2, -0.15) is 0 Å². The van der Waals surface area contributed by atoms with E-state index in [-0.39, 0.29) is 36.8 Å². The van der Waals surface area contributed by atoms with Gasteiger partial charge >= 0.3 is 0 Å². The first-order valence-electron chi connectivity index (χ1n) is 6.61. The molecule has 1 aliphatic rings. The monoisotopic (exact) mass is 339 g/mol. The Kier molecular flexibility index (Phi) is 8.66. The smallest absolute Gasteiger partial charge is 0.266 e. The fourth-order valence-electron chi connectivity index (χ4n) is 2.24. The number of hydrogen-bond donors (Lipinski definition) is 1. The summed E-state index contributed by atoms with van der Waals surface area (Å²) in [6, 6.07) is 0.266. The van der Waals surface area contributed by atoms with Gasteiger partial charge < -0.3 is 10.2 Å². The Morgan fingerprint density at radius 3 is 2.80 bits per heavy atom. The van der Waals surface area contributed by atoms with Crippen molar-refractivity contribution in [3.05, 3.63) is 15.6 Å². The number of amides is 1. The molecule has 1 amide bonds. The molecule has 0 spiro atoms. The molecular weight excluding hydrogens is 317 g/mol. The Balaban J connectivity index is 0.00000180. The van der Waals surface area contributed by atoms with E-state index in [4.69, 9.17) is 0 Å². The van der Waals surface area contributed by atoms with E-state index in [1.54, 1.807) is 11.3 Å². The number of aromatic nitrogens is 1. The SMILES string of the molecule is CCCc1nc(C)c(C(=O)N2CCNCC2C)s1.Cl.Cl. The molecule has 1 fully saturated rings. The normalized spacial score (nSPS) is 18.1. The predicted octanol–water partition coefficient (Wildman–Crippen LogP) is 2.68. The first-order chi connectivity index (χ1) is 8.63. The number of nitrogens with one attached hydrogen (secondary N) is 1. The molecule has 1 saturated heterocycles. The third kappa shape index (κ3) is 4.32. The molecule has 1 aromatic heterocycles. The van der Waals surface area contributed by atoms with E-state index in [0.717, 1.165) is 48.1 Å². The maximum atomic E-state index is 12.5. The fraction of sp³-hybridized carbons (Fsp3) is 0.692. The van der Waals surface area contributed by atoms with E-state index in [1.807, 2.05) is 11.8 Å². The summed E-state index contributed by atoms with van der Waals surface area (Å²) in [4.78, 5) is 19.8. The van der Waals surface area contributed by atoms with Crippen LogP contribution in [-0.2, 0) is 6.42 Å². The Hall–Kier alpha value is -0.360. The molecule has 2 heterocycles. The summed E-state index contributed by atoms with van der Waals surface area (Å²) in [5.41, 5.74) is 0.888. The number of carbonyl (C=O) groups excluding carboxylic acids is 1. The van der Waals surface area contributed by atoms with Crippen molar-refractivity contribution in [3.8, 4) is 0 Å². The highest BCUT2D eigenvalue weighted by Gasteiger charge is 2.26. The number of nitrogens with zero attached hydrogens (tertiary/aromatic N) is 2. The molecule has 0 radical (unpaired) electrons. The van der Waals surface area contributed by atoms with Gasteiger partial charge in [-0.15, -0.1) is 36.2 Å². The number of halogens is 2. The second-order valence-electron chi connectivity index (χ2n) is 4.82. The summed E-state index contributed by atoms with van der Waals surface area (Å²) in [5.74, 6) is 0.154. The highest BCUT2D eigenvalue weighted by Crippen LogP contribution is 2.22. The van der Waals surface area contributed by atoms with Crippen LogP contribution in [0.1, 0.15) is 40.6 Å². The van der Waals surface area contributed by atoms with Gasteiger partial charge in [0.05, 0.1) is 10.7 Å². The molecule has 1 aromatic rings. The summed E-state index contributed by atoms with van der Waals surface area (Å²) in [6.07, 6.45) is 2.04. The van der Waals surface area contributed by atoms with Gasteiger partial charge in [-0.25, -0.2) is 4.98 Å². The van der Waals surface area contributed by atoms with Gasteiger partial charge in [0.2, 0.25) is 0 Å². The predicted molar refractivity (Wildman–Crippen MR) is 88.7 cm³/mol. The van der Waals surface area contributed by atoms with E-state index in [1.165, 1.54) is 0 Å². The molecular formula is C13H23Cl2N3OS. The van der Waals surface area contributed by atoms with E-state index < -0.39 is 0 Å². The van der Waals surface area contributed by atoms with Crippen molar-refractivity contribution in [1.82, 2.24) is 15.2 Å². The molecule has 0 saturated carbocycles. The zero-order valence-electron chi connectivity index (χ0n) is 12.1. The summed E-state index contributed by atoms with van der Waals surface area (Å²) in [6.45, 7) is 8.72. The van der Waals surface area contributed by atoms with Crippen molar-refractivity contribution in [2.24, 2.45) is 0 Å². The van der Waals surface area contributed by atoms with Crippen molar-refractivity contribution in [2.75, 3.05) is 19.6 Å². The molecule has 116 valence electrons. The number of rotatable bonds is 3. The van der Waals surface area contributed by atoms with Crippen molar-refractivity contribution in [3.63, 3.8) is 0 Å². The molecule has 0 bridgehead atoms. The average Bonchev–Trinajstić information content (AvgIpc) is 2.71. The topological polar surface area (TPSA) is 45.2 Å². The van der Waals surface area contributed by atoms with Crippen LogP contribution in [0.15, 0.2) is 0 Å². The molecule has 7 heteroatoms. The van der Waals surface area contributed by atoms with Crippen molar-refractivity contribution < 1.29 is 4.79 Å². The Morgan fingerprint density at radius 2 is 2.20 bits per heavy atom. The van der Waals surface area contributed by atoms with Crippen LogP contribution < -0.4 is 5.32 Å². The van der Waals surface area contributed by atoms with E-state index in [0.29, 0.717) is 0 Å². The van der Waals surface area contributed by atoms with Crippen molar-refractivity contribution >= 4 is 42.1 Å². The largest absolute Gasteiger partial charge is 0.333 e. The summed E-state index contributed by atoms with van der Waals surface area (Å²) in [5, 5.41) is 4.39. The molecule has 1 N–H and O–H groups in total. The number of hydrogen-bond acceptors (Lipinski definition) is 4. The Morgan fingerprint density at radius 1 is 1.50 bits per heavy atom. The van der Waals surface area contributed by atoms with Crippen LogP contribution >= 0.6 is 36.2 Å². The van der Waals surface area contributed by atoms with E-state index in [9.17, 15) is 4.79 Å².